The van der Waals surface area contributed by atoms with E-state index >= 15 is 0 Å². The van der Waals surface area contributed by atoms with Gasteiger partial charge in [0.25, 0.3) is 5.56 Å². The first-order valence-corrected chi connectivity index (χ1v) is 6.77. The number of hydrogen-bond acceptors (Lipinski definition) is 5. The Hall–Kier alpha value is -1.24. The Morgan fingerprint density at radius 1 is 1.33 bits per heavy atom. The number of thioether (sulfide) groups is 1. The first-order valence-electron chi connectivity index (χ1n) is 4.79. The fraction of sp³-hybridized carbons (Fsp3) is 0.100. The van der Waals surface area contributed by atoms with Crippen LogP contribution in [0.5, 0.6) is 0 Å². The van der Waals surface area contributed by atoms with Crippen LogP contribution in [0.2, 0.25) is 10.0 Å². The summed E-state index contributed by atoms with van der Waals surface area (Å²) < 4.78 is 0.942. The van der Waals surface area contributed by atoms with Crippen LogP contribution in [-0.2, 0) is 0 Å². The quantitative estimate of drug-likeness (QED) is 0.679. The van der Waals surface area contributed by atoms with Gasteiger partial charge in [0.05, 0.1) is 5.02 Å². The number of benzene rings is 1. The van der Waals surface area contributed by atoms with E-state index in [9.17, 15) is 4.79 Å². The van der Waals surface area contributed by atoms with Crippen molar-refractivity contribution in [3.05, 3.63) is 38.6 Å². The van der Waals surface area contributed by atoms with Crippen LogP contribution in [0.1, 0.15) is 0 Å². The van der Waals surface area contributed by atoms with Gasteiger partial charge >= 0.3 is 0 Å². The van der Waals surface area contributed by atoms with Gasteiger partial charge in [-0.05, 0) is 24.5 Å². The van der Waals surface area contributed by atoms with Gasteiger partial charge in [0.15, 0.2) is 5.69 Å². The molecule has 0 aliphatic heterocycles. The Morgan fingerprint density at radius 3 is 2.67 bits per heavy atom. The smallest absolute Gasteiger partial charge is 0.299 e. The molecule has 0 fully saturated rings. The summed E-state index contributed by atoms with van der Waals surface area (Å²) in [6.07, 6.45) is 1.75. The minimum atomic E-state index is -0.460. The van der Waals surface area contributed by atoms with E-state index < -0.39 is 5.56 Å². The molecule has 0 radical (unpaired) electrons. The third-order valence-corrected chi connectivity index (χ3v) is 3.42. The number of rotatable bonds is 2. The average molecular weight is 303 g/mol. The van der Waals surface area contributed by atoms with Crippen LogP contribution in [0.15, 0.2) is 28.2 Å². The lowest BCUT2D eigenvalue weighted by molar-refractivity contribution is 0.705. The fourth-order valence-corrected chi connectivity index (χ4v) is 2.27. The lowest BCUT2D eigenvalue weighted by Crippen LogP contribution is -2.31. The molecular formula is C10H8Cl2N4OS. The Balaban J connectivity index is 2.65. The summed E-state index contributed by atoms with van der Waals surface area (Å²) >= 11 is 13.0. The second-order valence-electron chi connectivity index (χ2n) is 3.33. The van der Waals surface area contributed by atoms with Crippen LogP contribution in [-0.4, -0.2) is 21.1 Å². The molecule has 94 valence electrons. The van der Waals surface area contributed by atoms with Crippen molar-refractivity contribution in [1.82, 2.24) is 14.9 Å². The Morgan fingerprint density at radius 2 is 2.06 bits per heavy atom. The van der Waals surface area contributed by atoms with Crippen molar-refractivity contribution in [3.63, 3.8) is 0 Å². The van der Waals surface area contributed by atoms with Crippen LogP contribution in [0.4, 0.5) is 0 Å². The van der Waals surface area contributed by atoms with E-state index in [2.05, 4.69) is 10.2 Å². The van der Waals surface area contributed by atoms with Gasteiger partial charge in [0, 0.05) is 10.6 Å². The summed E-state index contributed by atoms with van der Waals surface area (Å²) in [7, 11) is 0. The third-order valence-electron chi connectivity index (χ3n) is 2.23. The van der Waals surface area contributed by atoms with Crippen LogP contribution < -0.4 is 11.4 Å². The first kappa shape index (κ1) is 13.2. The van der Waals surface area contributed by atoms with Gasteiger partial charge in [-0.3, -0.25) is 4.79 Å². The molecule has 0 spiro atoms. The summed E-state index contributed by atoms with van der Waals surface area (Å²) in [5.41, 5.74) is 0.0842. The van der Waals surface area contributed by atoms with Crippen molar-refractivity contribution in [2.45, 2.75) is 5.16 Å². The molecule has 0 aliphatic rings. The summed E-state index contributed by atoms with van der Waals surface area (Å²) in [4.78, 5) is 12.0. The van der Waals surface area contributed by atoms with Gasteiger partial charge in [-0.2, -0.15) is 4.68 Å². The molecule has 0 unspecified atom stereocenters. The standard InChI is InChI=1S/C10H8Cl2N4OS/c1-18-10-15-14-8(9(17)16(10)13)6-3-2-5(11)4-7(6)12/h2-4H,13H2,1H3. The molecule has 18 heavy (non-hydrogen) atoms. The van der Waals surface area contributed by atoms with E-state index in [0.29, 0.717) is 20.8 Å². The van der Waals surface area contributed by atoms with Crippen molar-refractivity contribution in [3.8, 4) is 11.3 Å². The van der Waals surface area contributed by atoms with E-state index in [1.807, 2.05) is 0 Å². The Bertz CT molecular complexity index is 659. The molecule has 2 aromatic rings. The van der Waals surface area contributed by atoms with Gasteiger partial charge < -0.3 is 5.84 Å². The van der Waals surface area contributed by atoms with Gasteiger partial charge in [-0.25, -0.2) is 0 Å². The topological polar surface area (TPSA) is 73.8 Å². The van der Waals surface area contributed by atoms with Gasteiger partial charge in [-0.1, -0.05) is 35.0 Å². The van der Waals surface area contributed by atoms with E-state index in [4.69, 9.17) is 29.0 Å². The Kier molecular flexibility index (Phi) is 3.79. The maximum absolute atomic E-state index is 12.0. The molecule has 2 rings (SSSR count). The van der Waals surface area contributed by atoms with Crippen molar-refractivity contribution < 1.29 is 0 Å². The summed E-state index contributed by atoms with van der Waals surface area (Å²) in [5.74, 6) is 5.62. The van der Waals surface area contributed by atoms with Crippen molar-refractivity contribution >= 4 is 35.0 Å². The van der Waals surface area contributed by atoms with Crippen molar-refractivity contribution in [1.29, 1.82) is 0 Å². The minimum absolute atomic E-state index is 0.0944. The molecule has 0 saturated heterocycles. The van der Waals surface area contributed by atoms with Crippen LogP contribution in [0.3, 0.4) is 0 Å². The Labute approximate surface area is 117 Å². The highest BCUT2D eigenvalue weighted by atomic mass is 35.5. The molecule has 0 atom stereocenters. The zero-order chi connectivity index (χ0) is 13.3. The lowest BCUT2D eigenvalue weighted by atomic mass is 10.1. The highest BCUT2D eigenvalue weighted by Crippen LogP contribution is 2.27. The number of hydrogen-bond donors (Lipinski definition) is 1. The minimum Gasteiger partial charge on any atom is -0.334 e. The fourth-order valence-electron chi connectivity index (χ4n) is 1.37. The molecule has 1 aromatic heterocycles. The van der Waals surface area contributed by atoms with Crippen LogP contribution in [0, 0.1) is 0 Å². The molecular weight excluding hydrogens is 295 g/mol. The van der Waals surface area contributed by atoms with E-state index in [0.717, 1.165) is 4.68 Å². The molecule has 1 heterocycles. The SMILES string of the molecule is CSc1nnc(-c2ccc(Cl)cc2Cl)c(=O)n1N. The van der Waals surface area contributed by atoms with Gasteiger partial charge in [0.2, 0.25) is 5.16 Å². The van der Waals surface area contributed by atoms with Crippen molar-refractivity contribution in [2.75, 3.05) is 12.1 Å². The molecule has 2 N–H and O–H groups in total. The number of nitrogens with zero attached hydrogens (tertiary/aromatic N) is 3. The molecule has 5 nitrogen and oxygen atoms in total. The normalized spacial score (nSPS) is 10.6. The lowest BCUT2D eigenvalue weighted by Gasteiger charge is -2.07. The maximum atomic E-state index is 12.0. The number of aromatic nitrogens is 3. The van der Waals surface area contributed by atoms with E-state index in [1.165, 1.54) is 17.8 Å². The highest BCUT2D eigenvalue weighted by Gasteiger charge is 2.14. The number of halogens is 2. The molecule has 0 bridgehead atoms. The van der Waals surface area contributed by atoms with E-state index in [1.54, 1.807) is 18.4 Å². The monoisotopic (exact) mass is 302 g/mol. The molecule has 1 aromatic carbocycles. The second kappa shape index (κ2) is 5.17. The van der Waals surface area contributed by atoms with Crippen LogP contribution in [0.25, 0.3) is 11.3 Å². The molecule has 0 aliphatic carbocycles. The molecule has 0 saturated carbocycles. The third kappa shape index (κ3) is 2.31. The first-order chi connectivity index (χ1) is 8.54. The maximum Gasteiger partial charge on any atom is 0.299 e. The zero-order valence-electron chi connectivity index (χ0n) is 9.22. The van der Waals surface area contributed by atoms with E-state index in [-0.39, 0.29) is 5.69 Å². The summed E-state index contributed by atoms with van der Waals surface area (Å²) in [5, 5.41) is 8.85. The molecule has 8 heteroatoms. The summed E-state index contributed by atoms with van der Waals surface area (Å²) in [6.45, 7) is 0. The highest BCUT2D eigenvalue weighted by molar-refractivity contribution is 7.98. The second-order valence-corrected chi connectivity index (χ2v) is 4.95. The number of nitrogen functional groups attached to an aromatic ring is 1. The largest absolute Gasteiger partial charge is 0.334 e. The average Bonchev–Trinajstić information content (AvgIpc) is 2.34. The molecule has 0 amide bonds. The zero-order valence-corrected chi connectivity index (χ0v) is 11.6. The summed E-state index contributed by atoms with van der Waals surface area (Å²) in [6, 6.07) is 4.75. The van der Waals surface area contributed by atoms with Gasteiger partial charge in [-0.15, -0.1) is 10.2 Å². The predicted octanol–water partition coefficient (Wildman–Crippen LogP) is 2.05. The predicted molar refractivity (Wildman–Crippen MR) is 73.7 cm³/mol. The van der Waals surface area contributed by atoms with Crippen LogP contribution >= 0.6 is 35.0 Å². The number of nitrogens with two attached hydrogens (primary N) is 1. The van der Waals surface area contributed by atoms with Crippen molar-refractivity contribution in [2.24, 2.45) is 0 Å². The van der Waals surface area contributed by atoms with Gasteiger partial charge in [0.1, 0.15) is 0 Å².